The Morgan fingerprint density at radius 1 is 1.17 bits per heavy atom. The highest BCUT2D eigenvalue weighted by molar-refractivity contribution is 8.00. The second kappa shape index (κ2) is 8.61. The Bertz CT molecular complexity index is 735. The number of nitrogens with one attached hydrogen (secondary N) is 2. The number of hydrogen-bond donors (Lipinski definition) is 2. The summed E-state index contributed by atoms with van der Waals surface area (Å²) in [7, 11) is 3.15. The molecular weight excluding hydrogens is 348 g/mol. The molecule has 2 N–H and O–H groups in total. The quantitative estimate of drug-likeness (QED) is 0.770. The Morgan fingerprint density at radius 2 is 1.88 bits per heavy atom. The number of carbonyl (C=O) groups excluding carboxylic acids is 2. The zero-order chi connectivity index (χ0) is 17.5. The molecule has 7 heteroatoms. The van der Waals surface area contributed by atoms with Gasteiger partial charge in [-0.1, -0.05) is 11.6 Å². The van der Waals surface area contributed by atoms with Crippen molar-refractivity contribution in [3.8, 4) is 5.75 Å². The van der Waals surface area contributed by atoms with Crippen LogP contribution in [0.2, 0.25) is 5.02 Å². The van der Waals surface area contributed by atoms with Crippen LogP contribution in [0.3, 0.4) is 0 Å². The molecule has 2 aromatic rings. The molecule has 0 aliphatic rings. The van der Waals surface area contributed by atoms with Crippen LogP contribution < -0.4 is 15.4 Å². The highest BCUT2D eigenvalue weighted by Gasteiger charge is 2.10. The first-order valence-corrected chi connectivity index (χ1v) is 8.48. The maximum atomic E-state index is 12.1. The molecule has 0 atom stereocenters. The number of carbonyl (C=O) groups is 2. The monoisotopic (exact) mass is 364 g/mol. The second-order valence-corrected chi connectivity index (χ2v) is 6.24. The number of rotatable bonds is 6. The van der Waals surface area contributed by atoms with Crippen LogP contribution in [0.4, 0.5) is 5.69 Å². The van der Waals surface area contributed by atoms with E-state index < -0.39 is 0 Å². The van der Waals surface area contributed by atoms with Gasteiger partial charge in [-0.2, -0.15) is 0 Å². The van der Waals surface area contributed by atoms with E-state index in [0.717, 1.165) is 10.6 Å². The van der Waals surface area contributed by atoms with Crippen molar-refractivity contribution in [3.63, 3.8) is 0 Å². The molecule has 2 amide bonds. The Morgan fingerprint density at radius 3 is 2.50 bits per heavy atom. The van der Waals surface area contributed by atoms with Gasteiger partial charge in [0.25, 0.3) is 5.91 Å². The van der Waals surface area contributed by atoms with Crippen molar-refractivity contribution in [3.05, 3.63) is 53.1 Å². The van der Waals surface area contributed by atoms with Gasteiger partial charge in [0.05, 0.1) is 23.6 Å². The molecule has 24 heavy (non-hydrogen) atoms. The molecule has 0 aliphatic carbocycles. The summed E-state index contributed by atoms with van der Waals surface area (Å²) in [5.41, 5.74) is 0.845. The molecule has 0 spiro atoms. The lowest BCUT2D eigenvalue weighted by molar-refractivity contribution is -0.113. The van der Waals surface area contributed by atoms with E-state index in [0.29, 0.717) is 16.3 Å². The maximum Gasteiger partial charge on any atom is 0.251 e. The van der Waals surface area contributed by atoms with Crippen molar-refractivity contribution in [2.75, 3.05) is 25.2 Å². The summed E-state index contributed by atoms with van der Waals surface area (Å²) in [6, 6.07) is 12.2. The number of anilines is 1. The van der Waals surface area contributed by atoms with Gasteiger partial charge < -0.3 is 15.4 Å². The largest absolute Gasteiger partial charge is 0.497 e. The zero-order valence-electron chi connectivity index (χ0n) is 13.3. The average Bonchev–Trinajstić information content (AvgIpc) is 2.61. The highest BCUT2D eigenvalue weighted by Crippen LogP contribution is 2.25. The number of benzene rings is 2. The molecule has 0 radical (unpaired) electrons. The van der Waals surface area contributed by atoms with Gasteiger partial charge in [-0.25, -0.2) is 0 Å². The number of hydrogen-bond acceptors (Lipinski definition) is 4. The molecule has 5 nitrogen and oxygen atoms in total. The fourth-order valence-corrected chi connectivity index (χ4v) is 2.78. The van der Waals surface area contributed by atoms with Crippen LogP contribution in [0.5, 0.6) is 5.75 Å². The van der Waals surface area contributed by atoms with E-state index in [-0.39, 0.29) is 17.6 Å². The Labute approximate surface area is 149 Å². The molecule has 2 aromatic carbocycles. The SMILES string of the molecule is CNC(=O)c1ccc(Cl)c(NC(=O)CSc2ccc(OC)cc2)c1. The predicted octanol–water partition coefficient (Wildman–Crippen LogP) is 3.44. The molecular formula is C17H17ClN2O3S. The molecule has 2 rings (SSSR count). The zero-order valence-corrected chi connectivity index (χ0v) is 14.8. The Hall–Kier alpha value is -2.18. The van der Waals surface area contributed by atoms with Crippen LogP contribution >= 0.6 is 23.4 Å². The maximum absolute atomic E-state index is 12.1. The lowest BCUT2D eigenvalue weighted by Gasteiger charge is -2.09. The van der Waals surface area contributed by atoms with Crippen molar-refractivity contribution in [1.29, 1.82) is 0 Å². The standard InChI is InChI=1S/C17H17ClN2O3S/c1-19-17(22)11-3-8-14(18)15(9-11)20-16(21)10-24-13-6-4-12(23-2)5-7-13/h3-9H,10H2,1-2H3,(H,19,22)(H,20,21). The van der Waals surface area contributed by atoms with Gasteiger partial charge in [0.1, 0.15) is 5.75 Å². The smallest absolute Gasteiger partial charge is 0.251 e. The third-order valence-corrected chi connectivity index (χ3v) is 4.50. The van der Waals surface area contributed by atoms with Gasteiger partial charge in [-0.15, -0.1) is 11.8 Å². The normalized spacial score (nSPS) is 10.1. The first kappa shape index (κ1) is 18.2. The van der Waals surface area contributed by atoms with E-state index in [1.54, 1.807) is 32.4 Å². The first-order valence-electron chi connectivity index (χ1n) is 7.12. The van der Waals surface area contributed by atoms with Crippen molar-refractivity contribution in [2.45, 2.75) is 4.90 Å². The van der Waals surface area contributed by atoms with Gasteiger partial charge in [0.2, 0.25) is 5.91 Å². The topological polar surface area (TPSA) is 67.4 Å². The molecule has 0 aromatic heterocycles. The second-order valence-electron chi connectivity index (χ2n) is 4.79. The third-order valence-electron chi connectivity index (χ3n) is 3.16. The van der Waals surface area contributed by atoms with Gasteiger partial charge in [0, 0.05) is 17.5 Å². The number of ether oxygens (including phenoxy) is 1. The van der Waals surface area contributed by atoms with Crippen molar-refractivity contribution >= 4 is 40.9 Å². The fourth-order valence-electron chi connectivity index (χ4n) is 1.91. The van der Waals surface area contributed by atoms with Gasteiger partial charge in [-0.05, 0) is 42.5 Å². The van der Waals surface area contributed by atoms with Crippen LogP contribution in [0, 0.1) is 0 Å². The van der Waals surface area contributed by atoms with E-state index in [9.17, 15) is 9.59 Å². The summed E-state index contributed by atoms with van der Waals surface area (Å²) >= 11 is 7.47. The van der Waals surface area contributed by atoms with E-state index >= 15 is 0 Å². The number of thioether (sulfide) groups is 1. The van der Waals surface area contributed by atoms with Crippen molar-refractivity contribution < 1.29 is 14.3 Å². The summed E-state index contributed by atoms with van der Waals surface area (Å²) in [5.74, 6) is 0.551. The summed E-state index contributed by atoms with van der Waals surface area (Å²) in [5, 5.41) is 5.63. The predicted molar refractivity (Wildman–Crippen MR) is 97.2 cm³/mol. The number of amides is 2. The summed E-state index contributed by atoms with van der Waals surface area (Å²) in [4.78, 5) is 24.7. The van der Waals surface area contributed by atoms with Crippen LogP contribution in [0.25, 0.3) is 0 Å². The minimum atomic E-state index is -0.241. The van der Waals surface area contributed by atoms with Crippen LogP contribution in [0.15, 0.2) is 47.4 Å². The van der Waals surface area contributed by atoms with Crippen LogP contribution in [0.1, 0.15) is 10.4 Å². The van der Waals surface area contributed by atoms with E-state index in [4.69, 9.17) is 16.3 Å². The number of halogens is 1. The van der Waals surface area contributed by atoms with Gasteiger partial charge >= 0.3 is 0 Å². The molecule has 0 saturated carbocycles. The van der Waals surface area contributed by atoms with E-state index in [1.807, 2.05) is 24.3 Å². The van der Waals surface area contributed by atoms with Gasteiger partial charge in [0.15, 0.2) is 0 Å². The van der Waals surface area contributed by atoms with E-state index in [1.165, 1.54) is 11.8 Å². The Balaban J connectivity index is 1.97. The lowest BCUT2D eigenvalue weighted by Crippen LogP contribution is -2.19. The fraction of sp³-hybridized carbons (Fsp3) is 0.176. The average molecular weight is 365 g/mol. The highest BCUT2D eigenvalue weighted by atomic mass is 35.5. The lowest BCUT2D eigenvalue weighted by atomic mass is 10.2. The first-order chi connectivity index (χ1) is 11.5. The third kappa shape index (κ3) is 4.91. The van der Waals surface area contributed by atoms with Crippen LogP contribution in [-0.4, -0.2) is 31.7 Å². The minimum Gasteiger partial charge on any atom is -0.497 e. The van der Waals surface area contributed by atoms with Crippen LogP contribution in [-0.2, 0) is 4.79 Å². The Kier molecular flexibility index (Phi) is 6.52. The van der Waals surface area contributed by atoms with Crippen molar-refractivity contribution in [1.82, 2.24) is 5.32 Å². The van der Waals surface area contributed by atoms with Gasteiger partial charge in [-0.3, -0.25) is 9.59 Å². The van der Waals surface area contributed by atoms with Crippen molar-refractivity contribution in [2.24, 2.45) is 0 Å². The summed E-state index contributed by atoms with van der Waals surface area (Å²) < 4.78 is 5.09. The molecule has 0 aliphatic heterocycles. The summed E-state index contributed by atoms with van der Waals surface area (Å²) in [6.45, 7) is 0. The van der Waals surface area contributed by atoms with E-state index in [2.05, 4.69) is 10.6 Å². The molecule has 0 fully saturated rings. The minimum absolute atomic E-state index is 0.202. The number of methoxy groups -OCH3 is 1. The molecule has 126 valence electrons. The summed E-state index contributed by atoms with van der Waals surface area (Å²) in [6.07, 6.45) is 0. The molecule has 0 bridgehead atoms. The molecule has 0 heterocycles. The molecule has 0 unspecified atom stereocenters. The molecule has 0 saturated heterocycles.